The fraction of sp³-hybridized carbons (Fsp3) is 0.458. The van der Waals surface area contributed by atoms with Crippen LogP contribution in [0.3, 0.4) is 0 Å². The minimum Gasteiger partial charge on any atom is -0.356 e. The van der Waals surface area contributed by atoms with Crippen molar-refractivity contribution in [2.45, 2.75) is 39.0 Å². The Morgan fingerprint density at radius 2 is 1.97 bits per heavy atom. The minimum atomic E-state index is -0.536. The zero-order valence-corrected chi connectivity index (χ0v) is 17.1. The van der Waals surface area contributed by atoms with Crippen LogP contribution in [0, 0.1) is 11.3 Å². The molecule has 0 bridgehead atoms. The molecule has 2 aromatic rings. The number of hydrogen-bond acceptors (Lipinski definition) is 3. The standard InChI is InChI=1S/C24H29N3O2/c1-2-26-23(29)24(12-14-27(17-24)22(28)20-5-3-6-20)15-18-8-10-19(11-9-18)21-7-4-13-25-16-21/h4,7-11,13,16,20H,2-3,5-6,12,14-15,17H2,1H3,(H,26,29)/t24-/m0/s1. The highest BCUT2D eigenvalue weighted by molar-refractivity contribution is 5.86. The predicted octanol–water partition coefficient (Wildman–Crippen LogP) is 3.45. The topological polar surface area (TPSA) is 62.3 Å². The lowest BCUT2D eigenvalue weighted by Gasteiger charge is -2.31. The molecule has 152 valence electrons. The first kappa shape index (κ1) is 19.6. The summed E-state index contributed by atoms with van der Waals surface area (Å²) in [5, 5.41) is 3.02. The van der Waals surface area contributed by atoms with Crippen molar-refractivity contribution in [2.75, 3.05) is 19.6 Å². The second-order valence-corrected chi connectivity index (χ2v) is 8.39. The lowest BCUT2D eigenvalue weighted by atomic mass is 9.79. The summed E-state index contributed by atoms with van der Waals surface area (Å²) in [6, 6.07) is 12.3. The molecular formula is C24H29N3O2. The Labute approximate surface area is 172 Å². The number of likely N-dealkylation sites (tertiary alicyclic amines) is 1. The van der Waals surface area contributed by atoms with Gasteiger partial charge < -0.3 is 10.2 Å². The lowest BCUT2D eigenvalue weighted by Crippen LogP contribution is -2.46. The van der Waals surface area contributed by atoms with Gasteiger partial charge >= 0.3 is 0 Å². The van der Waals surface area contributed by atoms with Crippen LogP contribution in [0.15, 0.2) is 48.8 Å². The number of pyridine rings is 1. The number of rotatable bonds is 6. The molecule has 0 unspecified atom stereocenters. The molecule has 1 saturated heterocycles. The SMILES string of the molecule is CCNC(=O)[C@]1(Cc2ccc(-c3cccnc3)cc2)CCN(C(=O)C2CCC2)C1. The molecule has 2 aliphatic rings. The zero-order valence-electron chi connectivity index (χ0n) is 17.1. The van der Waals surface area contributed by atoms with Crippen LogP contribution in [0.1, 0.15) is 38.2 Å². The van der Waals surface area contributed by atoms with Crippen molar-refractivity contribution >= 4 is 11.8 Å². The van der Waals surface area contributed by atoms with Gasteiger partial charge in [-0.25, -0.2) is 0 Å². The van der Waals surface area contributed by atoms with E-state index >= 15 is 0 Å². The maximum absolute atomic E-state index is 13.0. The third-order valence-corrected chi connectivity index (χ3v) is 6.43. The third kappa shape index (κ3) is 4.04. The van der Waals surface area contributed by atoms with Gasteiger partial charge in [-0.15, -0.1) is 0 Å². The number of carbonyl (C=O) groups excluding carboxylic acids is 2. The van der Waals surface area contributed by atoms with Gasteiger partial charge in [0.1, 0.15) is 0 Å². The van der Waals surface area contributed by atoms with Crippen LogP contribution in [0.5, 0.6) is 0 Å². The Morgan fingerprint density at radius 1 is 1.17 bits per heavy atom. The first-order valence-electron chi connectivity index (χ1n) is 10.7. The van der Waals surface area contributed by atoms with Gasteiger partial charge in [0.15, 0.2) is 0 Å². The third-order valence-electron chi connectivity index (χ3n) is 6.43. The molecule has 5 nitrogen and oxygen atoms in total. The highest BCUT2D eigenvalue weighted by Crippen LogP contribution is 2.38. The van der Waals surface area contributed by atoms with Gasteiger partial charge in [0.05, 0.1) is 5.41 Å². The fourth-order valence-corrected chi connectivity index (χ4v) is 4.47. The van der Waals surface area contributed by atoms with E-state index in [0.717, 1.165) is 42.4 Å². The molecule has 1 saturated carbocycles. The van der Waals surface area contributed by atoms with Crippen molar-refractivity contribution in [1.82, 2.24) is 15.2 Å². The van der Waals surface area contributed by atoms with E-state index in [2.05, 4.69) is 34.6 Å². The van der Waals surface area contributed by atoms with Crippen molar-refractivity contribution in [3.05, 3.63) is 54.4 Å². The highest BCUT2D eigenvalue weighted by atomic mass is 16.2. The Balaban J connectivity index is 1.52. The maximum Gasteiger partial charge on any atom is 0.228 e. The van der Waals surface area contributed by atoms with Crippen molar-refractivity contribution in [3.8, 4) is 11.1 Å². The molecule has 0 radical (unpaired) electrons. The summed E-state index contributed by atoms with van der Waals surface area (Å²) in [7, 11) is 0. The smallest absolute Gasteiger partial charge is 0.228 e. The Kier molecular flexibility index (Phi) is 5.65. The molecule has 2 heterocycles. The molecule has 2 amide bonds. The van der Waals surface area contributed by atoms with Gasteiger partial charge in [-0.05, 0) is 55.4 Å². The number of amides is 2. The van der Waals surface area contributed by atoms with Crippen molar-refractivity contribution in [2.24, 2.45) is 11.3 Å². The van der Waals surface area contributed by atoms with Crippen LogP contribution >= 0.6 is 0 Å². The van der Waals surface area contributed by atoms with Gasteiger partial charge in [0.2, 0.25) is 11.8 Å². The van der Waals surface area contributed by atoms with Gasteiger partial charge in [0.25, 0.3) is 0 Å². The van der Waals surface area contributed by atoms with E-state index in [0.29, 0.717) is 26.1 Å². The number of nitrogens with zero attached hydrogens (tertiary/aromatic N) is 2. The molecule has 1 N–H and O–H groups in total. The summed E-state index contributed by atoms with van der Waals surface area (Å²) in [6.07, 6.45) is 8.15. The molecule has 29 heavy (non-hydrogen) atoms. The summed E-state index contributed by atoms with van der Waals surface area (Å²) >= 11 is 0. The summed E-state index contributed by atoms with van der Waals surface area (Å²) in [5.74, 6) is 0.494. The van der Waals surface area contributed by atoms with Crippen LogP contribution in [-0.2, 0) is 16.0 Å². The van der Waals surface area contributed by atoms with E-state index in [9.17, 15) is 9.59 Å². The fourth-order valence-electron chi connectivity index (χ4n) is 4.47. The Bertz CT molecular complexity index is 861. The molecule has 0 spiro atoms. The van der Waals surface area contributed by atoms with Crippen LogP contribution < -0.4 is 5.32 Å². The highest BCUT2D eigenvalue weighted by Gasteiger charge is 2.47. The number of aromatic nitrogens is 1. The molecule has 1 aliphatic carbocycles. The van der Waals surface area contributed by atoms with Crippen LogP contribution in [-0.4, -0.2) is 41.3 Å². The molecule has 1 atom stereocenters. The van der Waals surface area contributed by atoms with Gasteiger partial charge in [-0.3, -0.25) is 14.6 Å². The number of hydrogen-bond donors (Lipinski definition) is 1. The van der Waals surface area contributed by atoms with Crippen LogP contribution in [0.2, 0.25) is 0 Å². The van der Waals surface area contributed by atoms with Crippen LogP contribution in [0.4, 0.5) is 0 Å². The van der Waals surface area contributed by atoms with E-state index in [1.165, 1.54) is 0 Å². The van der Waals surface area contributed by atoms with Crippen LogP contribution in [0.25, 0.3) is 11.1 Å². The number of nitrogens with one attached hydrogen (secondary N) is 1. The average Bonchev–Trinajstić information content (AvgIpc) is 3.14. The monoisotopic (exact) mass is 391 g/mol. The average molecular weight is 392 g/mol. The maximum atomic E-state index is 13.0. The van der Waals surface area contributed by atoms with E-state index < -0.39 is 5.41 Å². The normalized spacial score (nSPS) is 21.6. The van der Waals surface area contributed by atoms with Crippen molar-refractivity contribution < 1.29 is 9.59 Å². The molecule has 1 aromatic heterocycles. The largest absolute Gasteiger partial charge is 0.356 e. The molecule has 2 fully saturated rings. The van der Waals surface area contributed by atoms with Crippen molar-refractivity contribution in [1.29, 1.82) is 0 Å². The number of carbonyl (C=O) groups is 2. The lowest BCUT2D eigenvalue weighted by molar-refractivity contribution is -0.138. The van der Waals surface area contributed by atoms with Gasteiger partial charge in [-0.1, -0.05) is 36.8 Å². The van der Waals surface area contributed by atoms with Gasteiger partial charge in [-0.2, -0.15) is 0 Å². The first-order chi connectivity index (χ1) is 14.1. The molecule has 1 aliphatic heterocycles. The molecule has 4 rings (SSSR count). The first-order valence-corrected chi connectivity index (χ1v) is 10.7. The summed E-state index contributed by atoms with van der Waals surface area (Å²) < 4.78 is 0. The Hall–Kier alpha value is -2.69. The second-order valence-electron chi connectivity index (χ2n) is 8.39. The second kappa shape index (κ2) is 8.36. The van der Waals surface area contributed by atoms with E-state index in [1.807, 2.05) is 30.2 Å². The van der Waals surface area contributed by atoms with E-state index in [1.54, 1.807) is 6.20 Å². The minimum absolute atomic E-state index is 0.0697. The van der Waals surface area contributed by atoms with E-state index in [4.69, 9.17) is 0 Å². The zero-order chi connectivity index (χ0) is 20.3. The van der Waals surface area contributed by atoms with Crippen molar-refractivity contribution in [3.63, 3.8) is 0 Å². The summed E-state index contributed by atoms with van der Waals surface area (Å²) in [5.41, 5.74) is 2.78. The van der Waals surface area contributed by atoms with Gasteiger partial charge in [0, 0.05) is 37.9 Å². The summed E-state index contributed by atoms with van der Waals surface area (Å²) in [4.78, 5) is 31.9. The predicted molar refractivity (Wildman–Crippen MR) is 113 cm³/mol. The molecular weight excluding hydrogens is 362 g/mol. The van der Waals surface area contributed by atoms with E-state index in [-0.39, 0.29) is 17.7 Å². The number of benzene rings is 1. The molecule has 1 aromatic carbocycles. The quantitative estimate of drug-likeness (QED) is 0.820. The summed E-state index contributed by atoms with van der Waals surface area (Å²) in [6.45, 7) is 3.76. The Morgan fingerprint density at radius 3 is 2.59 bits per heavy atom. The molecule has 5 heteroatoms.